The average molecular weight is 695 g/mol. The first kappa shape index (κ1) is 53.8. The van der Waals surface area contributed by atoms with Crippen LogP contribution in [0.25, 0.3) is 0 Å². The van der Waals surface area contributed by atoms with Crippen molar-refractivity contribution in [3.8, 4) is 6.07 Å². The van der Waals surface area contributed by atoms with E-state index in [1.807, 2.05) is 86.6 Å². The van der Waals surface area contributed by atoms with Crippen LogP contribution in [-0.4, -0.2) is 51.3 Å². The number of carbonyl (C=O) groups is 1. The van der Waals surface area contributed by atoms with Crippen molar-refractivity contribution in [3.63, 3.8) is 0 Å². The van der Waals surface area contributed by atoms with Gasteiger partial charge in [0.25, 0.3) is 5.91 Å². The number of hydrogen-bond acceptors (Lipinski definition) is 8. The van der Waals surface area contributed by atoms with E-state index in [1.165, 1.54) is 14.2 Å². The molecule has 0 atom stereocenters. The molecule has 0 aliphatic heterocycles. The third kappa shape index (κ3) is 33.0. The summed E-state index contributed by atoms with van der Waals surface area (Å²) in [5, 5.41) is 9.35. The normalized spacial score (nSPS) is 7.33. The minimum Gasteiger partial charge on any atom is -0.417 e. The van der Waals surface area contributed by atoms with Crippen molar-refractivity contribution >= 4 is 12.2 Å². The Kier molecular flexibility index (Phi) is 53.5. The summed E-state index contributed by atoms with van der Waals surface area (Å²) in [6, 6.07) is 23.2. The summed E-state index contributed by atoms with van der Waals surface area (Å²) in [6.45, 7) is 18.0. The van der Waals surface area contributed by atoms with Gasteiger partial charge in [0, 0.05) is 76.5 Å². The maximum absolute atomic E-state index is 11.3. The summed E-state index contributed by atoms with van der Waals surface area (Å²) in [5.74, 6) is -0.252. The van der Waals surface area contributed by atoms with E-state index < -0.39 is 0 Å². The van der Waals surface area contributed by atoms with Gasteiger partial charge in [-0.25, -0.2) is 10.0 Å². The third-order valence-corrected chi connectivity index (χ3v) is 3.81. The first-order chi connectivity index (χ1) is 21.0. The van der Waals surface area contributed by atoms with Crippen molar-refractivity contribution in [3.05, 3.63) is 120 Å². The van der Waals surface area contributed by atoms with Crippen LogP contribution in [-0.2, 0) is 42.3 Å². The Balaban J connectivity index is -0.000000105. The average Bonchev–Trinajstić information content (AvgIpc) is 3.13. The smallest absolute Gasteiger partial charge is 0.295 e. The minimum absolute atomic E-state index is 0. The van der Waals surface area contributed by atoms with Crippen LogP contribution in [0.3, 0.4) is 0 Å². The second-order valence-corrected chi connectivity index (χ2v) is 6.32. The van der Waals surface area contributed by atoms with Crippen LogP contribution in [0, 0.1) is 18.3 Å². The Morgan fingerprint density at radius 2 is 1.18 bits per heavy atom. The summed E-state index contributed by atoms with van der Waals surface area (Å²) in [7, 11) is 2.97. The largest absolute Gasteiger partial charge is 0.417 e. The third-order valence-electron chi connectivity index (χ3n) is 3.81. The number of nitrogens with zero attached hydrogens (tertiary/aromatic N) is 6. The predicted octanol–water partition coefficient (Wildman–Crippen LogP) is 8.34. The summed E-state index contributed by atoms with van der Waals surface area (Å²) in [4.78, 5) is 41.1. The predicted molar refractivity (Wildman–Crippen MR) is 182 cm³/mol. The molecule has 1 amide bonds. The van der Waals surface area contributed by atoms with Crippen molar-refractivity contribution < 1.29 is 47.1 Å². The van der Waals surface area contributed by atoms with Gasteiger partial charge in [0.15, 0.2) is 0 Å². The fraction of sp³-hybridized carbons (Fsp3) is 0.343. The fourth-order valence-electron chi connectivity index (χ4n) is 2.03. The zero-order chi connectivity index (χ0) is 33.7. The topological polar surface area (TPSA) is 122 Å². The molecule has 45 heavy (non-hydrogen) atoms. The maximum Gasteiger partial charge on any atom is 0.295 e. The molecule has 4 heterocycles. The van der Waals surface area contributed by atoms with Gasteiger partial charge in [0.05, 0.1) is 7.11 Å². The zero-order valence-electron chi connectivity index (χ0n) is 28.2. The van der Waals surface area contributed by atoms with Crippen LogP contribution < -0.4 is 0 Å². The molecule has 0 fully saturated rings. The van der Waals surface area contributed by atoms with E-state index in [0.29, 0.717) is 17.1 Å². The standard InChI is InChI=1S/C8H10N2O2.C6H4N2.C6H4NO.C6H7N.4C2H6.CH4.Y/c1-10(12-2)8(11)7-5-3-4-6-9-7;7-5-6-3-1-2-4-8-6;8-5-6-3-1-2-4-7-6;1-6-4-2-3-5-7-6;4*1-2;;/h3-6H,1-2H3;2*1-4H;2-5H,1H3;4*1-2H3;1H4;/q;;-1;;;;;;;. The van der Waals surface area contributed by atoms with E-state index in [9.17, 15) is 9.59 Å². The van der Waals surface area contributed by atoms with Crippen molar-refractivity contribution in [2.45, 2.75) is 69.7 Å². The Hall–Kier alpha value is -3.71. The quantitative estimate of drug-likeness (QED) is 0.155. The molecule has 0 aromatic carbocycles. The molecule has 4 aromatic heterocycles. The van der Waals surface area contributed by atoms with Gasteiger partial charge >= 0.3 is 0 Å². The van der Waals surface area contributed by atoms with E-state index in [4.69, 9.17) is 10.1 Å². The second kappa shape index (κ2) is 44.7. The molecule has 0 aliphatic carbocycles. The number of pyridine rings is 4. The van der Waals surface area contributed by atoms with Gasteiger partial charge in [-0.15, -0.1) is 6.07 Å². The summed E-state index contributed by atoms with van der Waals surface area (Å²) in [6.07, 6.45) is 8.17. The van der Waals surface area contributed by atoms with Crippen molar-refractivity contribution in [1.29, 1.82) is 5.26 Å². The molecule has 0 aliphatic rings. The molecular formula is C35H53N6O3Y-. The van der Waals surface area contributed by atoms with Crippen LogP contribution >= 0.6 is 0 Å². The van der Waals surface area contributed by atoms with E-state index in [0.717, 1.165) is 10.8 Å². The van der Waals surface area contributed by atoms with E-state index in [-0.39, 0.29) is 46.0 Å². The number of carbonyl (C=O) groups excluding carboxylic acids is 2. The van der Waals surface area contributed by atoms with Crippen LogP contribution in [0.5, 0.6) is 0 Å². The molecule has 0 saturated heterocycles. The SMILES string of the molecule is C.CC.CC.CC.CC.CON(C)C(=O)c1ccccn1.Cc1ccccn1.N#Cc1ccccn1.O=[C-]c1ccccn1.[Y]. The molecule has 1 radical (unpaired) electrons. The minimum atomic E-state index is -0.252. The molecule has 0 N–H and O–H groups in total. The Bertz CT molecular complexity index is 1150. The van der Waals surface area contributed by atoms with Crippen LogP contribution in [0.15, 0.2) is 97.6 Å². The van der Waals surface area contributed by atoms with Gasteiger partial charge in [-0.05, 0) is 43.3 Å². The van der Waals surface area contributed by atoms with Crippen LogP contribution in [0.2, 0.25) is 0 Å². The number of aryl methyl sites for hydroxylation is 1. The molecule has 10 heteroatoms. The molecule has 0 spiro atoms. The van der Waals surface area contributed by atoms with Gasteiger partial charge in [-0.3, -0.25) is 24.6 Å². The van der Waals surface area contributed by atoms with Gasteiger partial charge in [0.2, 0.25) is 0 Å². The maximum atomic E-state index is 11.3. The fourth-order valence-corrected chi connectivity index (χ4v) is 2.03. The van der Waals surface area contributed by atoms with Crippen LogP contribution in [0.1, 0.15) is 90.4 Å². The monoisotopic (exact) mass is 694 g/mol. The number of nitriles is 1. The Morgan fingerprint density at radius 3 is 1.42 bits per heavy atom. The molecule has 245 valence electrons. The summed E-state index contributed by atoms with van der Waals surface area (Å²) >= 11 is 0. The molecule has 4 rings (SSSR count). The molecule has 0 saturated carbocycles. The van der Waals surface area contributed by atoms with Gasteiger partial charge in [-0.2, -0.15) is 11.3 Å². The first-order valence-electron chi connectivity index (χ1n) is 14.2. The zero-order valence-corrected chi connectivity index (χ0v) is 31.1. The molecule has 9 nitrogen and oxygen atoms in total. The van der Waals surface area contributed by atoms with Crippen LogP contribution in [0.4, 0.5) is 0 Å². The second-order valence-electron chi connectivity index (χ2n) is 6.32. The van der Waals surface area contributed by atoms with E-state index in [2.05, 4.69) is 19.9 Å². The molecular weight excluding hydrogens is 641 g/mol. The molecule has 0 unspecified atom stereocenters. The van der Waals surface area contributed by atoms with Crippen molar-refractivity contribution in [1.82, 2.24) is 25.0 Å². The number of rotatable bonds is 3. The van der Waals surface area contributed by atoms with Crippen molar-refractivity contribution in [2.75, 3.05) is 14.2 Å². The summed E-state index contributed by atoms with van der Waals surface area (Å²) < 4.78 is 0. The van der Waals surface area contributed by atoms with Gasteiger partial charge in [0.1, 0.15) is 17.5 Å². The van der Waals surface area contributed by atoms with Gasteiger partial charge < -0.3 is 4.79 Å². The Labute approximate surface area is 298 Å². The number of aromatic nitrogens is 4. The van der Waals surface area contributed by atoms with E-state index >= 15 is 0 Å². The number of hydrogen-bond donors (Lipinski definition) is 0. The number of amides is 1. The van der Waals surface area contributed by atoms with Crippen molar-refractivity contribution in [2.24, 2.45) is 0 Å². The van der Waals surface area contributed by atoms with E-state index in [1.54, 1.807) is 85.7 Å². The summed E-state index contributed by atoms with van der Waals surface area (Å²) in [5.41, 5.74) is 2.27. The van der Waals surface area contributed by atoms with Gasteiger partial charge in [-0.1, -0.05) is 92.8 Å². The molecule has 0 bridgehead atoms. The number of hydroxylamine groups is 2. The first-order valence-corrected chi connectivity index (χ1v) is 14.2. The molecule has 4 aromatic rings. The Morgan fingerprint density at radius 1 is 0.733 bits per heavy atom.